The summed E-state index contributed by atoms with van der Waals surface area (Å²) in [7, 11) is 0. The number of rotatable bonds is 8. The first-order valence-corrected chi connectivity index (χ1v) is 10.6. The van der Waals surface area contributed by atoms with Gasteiger partial charge in [-0.15, -0.1) is 10.2 Å². The van der Waals surface area contributed by atoms with Crippen LogP contribution in [0.15, 0.2) is 22.5 Å². The molecule has 7 heteroatoms. The lowest BCUT2D eigenvalue weighted by atomic mass is 10.0. The Labute approximate surface area is 163 Å². The molecule has 0 fully saturated rings. The molecule has 2 rings (SSSR count). The summed E-state index contributed by atoms with van der Waals surface area (Å²) in [5.41, 5.74) is 2.20. The van der Waals surface area contributed by atoms with Crippen molar-refractivity contribution < 1.29 is 9.53 Å². The first-order chi connectivity index (χ1) is 12.3. The van der Waals surface area contributed by atoms with Gasteiger partial charge in [-0.2, -0.15) is 0 Å². The molecule has 1 aromatic heterocycles. The molecule has 1 unspecified atom stereocenters. The van der Waals surface area contributed by atoms with Gasteiger partial charge in [0.1, 0.15) is 5.75 Å². The Morgan fingerprint density at radius 1 is 1.23 bits per heavy atom. The van der Waals surface area contributed by atoms with Crippen LogP contribution in [-0.4, -0.2) is 28.0 Å². The third kappa shape index (κ3) is 5.99. The van der Waals surface area contributed by atoms with Gasteiger partial charge in [0.2, 0.25) is 5.13 Å². The van der Waals surface area contributed by atoms with Crippen LogP contribution in [0.4, 0.5) is 5.13 Å². The highest BCUT2D eigenvalue weighted by Crippen LogP contribution is 2.29. The molecule has 0 aliphatic rings. The molecule has 0 saturated carbocycles. The Kier molecular flexibility index (Phi) is 7.46. The zero-order valence-electron chi connectivity index (χ0n) is 16.2. The van der Waals surface area contributed by atoms with Crippen LogP contribution in [0.5, 0.6) is 5.75 Å². The van der Waals surface area contributed by atoms with Gasteiger partial charge < -0.3 is 4.74 Å². The van der Waals surface area contributed by atoms with Gasteiger partial charge in [0.05, 0.1) is 0 Å². The lowest BCUT2D eigenvalue weighted by molar-refractivity contribution is -0.122. The quantitative estimate of drug-likeness (QED) is 0.498. The van der Waals surface area contributed by atoms with Crippen molar-refractivity contribution >= 4 is 34.1 Å². The zero-order chi connectivity index (χ0) is 19.3. The molecule has 5 nitrogen and oxygen atoms in total. The summed E-state index contributed by atoms with van der Waals surface area (Å²) in [6.45, 7) is 12.3. The Balaban J connectivity index is 1.99. The minimum Gasteiger partial charge on any atom is -0.481 e. The van der Waals surface area contributed by atoms with Crippen LogP contribution < -0.4 is 10.1 Å². The topological polar surface area (TPSA) is 64.1 Å². The molecule has 26 heavy (non-hydrogen) atoms. The Bertz CT molecular complexity index is 744. The molecule has 0 aliphatic carbocycles. The number of hydrogen-bond donors (Lipinski definition) is 1. The number of amides is 1. The van der Waals surface area contributed by atoms with Crippen molar-refractivity contribution in [1.82, 2.24) is 10.2 Å². The van der Waals surface area contributed by atoms with Crippen molar-refractivity contribution in [3.63, 3.8) is 0 Å². The third-order valence-corrected chi connectivity index (χ3v) is 6.04. The molecule has 2 aromatic rings. The summed E-state index contributed by atoms with van der Waals surface area (Å²) < 4.78 is 6.81. The Morgan fingerprint density at radius 2 is 1.96 bits per heavy atom. The molecule has 1 amide bonds. The normalized spacial score (nSPS) is 12.5. The fraction of sp³-hybridized carbons (Fsp3) is 0.526. The maximum Gasteiger partial charge on any atom is 0.266 e. The molecule has 0 spiro atoms. The number of nitrogens with one attached hydrogen (secondary N) is 1. The number of aryl methyl sites for hydroxylation is 1. The van der Waals surface area contributed by atoms with E-state index in [9.17, 15) is 4.79 Å². The van der Waals surface area contributed by atoms with Gasteiger partial charge in [-0.3, -0.25) is 10.1 Å². The van der Waals surface area contributed by atoms with E-state index in [2.05, 4.69) is 55.3 Å². The van der Waals surface area contributed by atoms with Crippen molar-refractivity contribution in [2.24, 2.45) is 5.92 Å². The van der Waals surface area contributed by atoms with Crippen LogP contribution in [-0.2, 0) is 4.79 Å². The van der Waals surface area contributed by atoms with Crippen molar-refractivity contribution in [3.05, 3.63) is 29.3 Å². The average molecular weight is 394 g/mol. The van der Waals surface area contributed by atoms with Gasteiger partial charge >= 0.3 is 0 Å². The predicted molar refractivity (Wildman–Crippen MR) is 109 cm³/mol. The van der Waals surface area contributed by atoms with Crippen LogP contribution in [0.25, 0.3) is 0 Å². The highest BCUT2D eigenvalue weighted by molar-refractivity contribution is 8.01. The smallest absolute Gasteiger partial charge is 0.266 e. The molecule has 0 aliphatic heterocycles. The van der Waals surface area contributed by atoms with E-state index >= 15 is 0 Å². The van der Waals surface area contributed by atoms with Crippen molar-refractivity contribution in [1.29, 1.82) is 0 Å². The molecule has 142 valence electrons. The summed E-state index contributed by atoms with van der Waals surface area (Å²) in [6.07, 6.45) is -0.620. The van der Waals surface area contributed by atoms with E-state index in [1.807, 2.05) is 13.0 Å². The predicted octanol–water partition coefficient (Wildman–Crippen LogP) is 5.12. The number of thioether (sulfide) groups is 1. The highest BCUT2D eigenvalue weighted by Gasteiger charge is 2.19. The molecular weight excluding hydrogens is 366 g/mol. The van der Waals surface area contributed by atoms with Crippen molar-refractivity contribution in [2.45, 2.75) is 57.9 Å². The van der Waals surface area contributed by atoms with Crippen molar-refractivity contribution in [3.8, 4) is 5.75 Å². The fourth-order valence-corrected chi connectivity index (χ4v) is 3.96. The average Bonchev–Trinajstić information content (AvgIpc) is 3.00. The van der Waals surface area contributed by atoms with E-state index < -0.39 is 6.10 Å². The summed E-state index contributed by atoms with van der Waals surface area (Å²) in [6, 6.07) is 6.10. The van der Waals surface area contributed by atoms with Crippen molar-refractivity contribution in [2.75, 3.05) is 11.1 Å². The maximum atomic E-state index is 12.5. The van der Waals surface area contributed by atoms with Crippen LogP contribution in [0, 0.1) is 12.8 Å². The molecule has 1 aromatic carbocycles. The van der Waals surface area contributed by atoms with E-state index in [4.69, 9.17) is 4.74 Å². The Hall–Kier alpha value is -1.60. The molecule has 1 atom stereocenters. The SMILES string of the molecule is Cc1ccc(C(C)C)c(OC(C)C(=O)Nc2nnc(SCC(C)C)s2)c1. The number of anilines is 1. The second-order valence-electron chi connectivity index (χ2n) is 7.02. The minimum atomic E-state index is -0.620. The van der Waals surface area contributed by atoms with Gasteiger partial charge in [0.25, 0.3) is 5.91 Å². The maximum absolute atomic E-state index is 12.5. The number of carbonyl (C=O) groups excluding carboxylic acids is 1. The second-order valence-corrected chi connectivity index (χ2v) is 9.27. The molecular formula is C19H27N3O2S2. The summed E-state index contributed by atoms with van der Waals surface area (Å²) in [5, 5.41) is 11.5. The number of carbonyl (C=O) groups is 1. The molecule has 0 saturated heterocycles. The monoisotopic (exact) mass is 393 g/mol. The van der Waals surface area contributed by atoms with E-state index in [1.54, 1.807) is 18.7 Å². The van der Waals surface area contributed by atoms with Gasteiger partial charge in [0, 0.05) is 5.75 Å². The zero-order valence-corrected chi connectivity index (χ0v) is 17.8. The lowest BCUT2D eigenvalue weighted by Gasteiger charge is -2.18. The number of hydrogen-bond acceptors (Lipinski definition) is 6. The van der Waals surface area contributed by atoms with Gasteiger partial charge in [-0.1, -0.05) is 62.9 Å². The minimum absolute atomic E-state index is 0.224. The Morgan fingerprint density at radius 3 is 2.62 bits per heavy atom. The van der Waals surface area contributed by atoms with Gasteiger partial charge in [-0.25, -0.2) is 0 Å². The van der Waals surface area contributed by atoms with Crippen LogP contribution >= 0.6 is 23.1 Å². The van der Waals surface area contributed by atoms with Gasteiger partial charge in [-0.05, 0) is 42.9 Å². The molecule has 1 N–H and O–H groups in total. The first kappa shape index (κ1) is 20.7. The van der Waals surface area contributed by atoms with E-state index in [1.165, 1.54) is 11.3 Å². The number of aromatic nitrogens is 2. The third-order valence-electron chi connectivity index (χ3n) is 3.64. The first-order valence-electron chi connectivity index (χ1n) is 8.80. The number of nitrogens with zero attached hydrogens (tertiary/aromatic N) is 2. The number of benzene rings is 1. The fourth-order valence-electron chi connectivity index (χ4n) is 2.23. The van der Waals surface area contributed by atoms with E-state index in [-0.39, 0.29) is 5.91 Å². The van der Waals surface area contributed by atoms with Crippen LogP contribution in [0.3, 0.4) is 0 Å². The van der Waals surface area contributed by atoms with E-state index in [0.29, 0.717) is 17.0 Å². The number of ether oxygens (including phenoxy) is 1. The second kappa shape index (κ2) is 9.37. The lowest BCUT2D eigenvalue weighted by Crippen LogP contribution is -2.30. The largest absolute Gasteiger partial charge is 0.481 e. The highest BCUT2D eigenvalue weighted by atomic mass is 32.2. The molecule has 0 bridgehead atoms. The standard InChI is InChI=1S/C19H27N3O2S2/c1-11(2)10-25-19-22-21-18(26-19)20-17(23)14(6)24-16-9-13(5)7-8-15(16)12(3)4/h7-9,11-12,14H,10H2,1-6H3,(H,20,21,23). The van der Waals surface area contributed by atoms with Gasteiger partial charge in [0.15, 0.2) is 10.4 Å². The molecule has 0 radical (unpaired) electrons. The summed E-state index contributed by atoms with van der Waals surface area (Å²) in [5.74, 6) is 2.42. The summed E-state index contributed by atoms with van der Waals surface area (Å²) in [4.78, 5) is 12.5. The molecule has 1 heterocycles. The van der Waals surface area contributed by atoms with Crippen LogP contribution in [0.1, 0.15) is 51.7 Å². The van der Waals surface area contributed by atoms with Crippen LogP contribution in [0.2, 0.25) is 0 Å². The van der Waals surface area contributed by atoms with E-state index in [0.717, 1.165) is 27.0 Å². The summed E-state index contributed by atoms with van der Waals surface area (Å²) >= 11 is 3.05.